The molecule has 0 saturated carbocycles. The Morgan fingerprint density at radius 1 is 0.963 bits per heavy atom. The molecular weight excluding hydrogens is 364 g/mol. The molecule has 3 aromatic rings. The summed E-state index contributed by atoms with van der Waals surface area (Å²) in [6, 6.07) is 11.5. The van der Waals surface area contributed by atoms with Crippen LogP contribution in [0.25, 0.3) is 0 Å². The number of halogens is 1. The van der Waals surface area contributed by atoms with Crippen molar-refractivity contribution in [3.8, 4) is 11.5 Å². The highest BCUT2D eigenvalue weighted by atomic mass is 35.5. The standard InChI is InChI=1S/C20H19ClN4O2/c1-12-9-13(2)19(15(21)10-12)25-20-22-6-5-18(24-20)23-14-3-4-16-17(11-14)27-8-7-26-16/h3-6,9-11H,7-8H2,1-2H3,(H2,22,23,24,25). The summed E-state index contributed by atoms with van der Waals surface area (Å²) in [6.45, 7) is 5.13. The molecule has 138 valence electrons. The zero-order valence-corrected chi connectivity index (χ0v) is 15.8. The lowest BCUT2D eigenvalue weighted by Crippen LogP contribution is -2.15. The van der Waals surface area contributed by atoms with Crippen LogP contribution in [0, 0.1) is 13.8 Å². The highest BCUT2D eigenvalue weighted by Gasteiger charge is 2.12. The molecule has 1 aliphatic heterocycles. The molecule has 1 aromatic heterocycles. The second-order valence-electron chi connectivity index (χ2n) is 6.31. The van der Waals surface area contributed by atoms with Gasteiger partial charge in [-0.2, -0.15) is 4.98 Å². The fourth-order valence-electron chi connectivity index (χ4n) is 2.94. The summed E-state index contributed by atoms with van der Waals surface area (Å²) < 4.78 is 11.2. The fraction of sp³-hybridized carbons (Fsp3) is 0.200. The molecule has 4 rings (SSSR count). The number of benzene rings is 2. The third kappa shape index (κ3) is 3.90. The van der Waals surface area contributed by atoms with Gasteiger partial charge in [0.1, 0.15) is 19.0 Å². The summed E-state index contributed by atoms with van der Waals surface area (Å²) in [7, 11) is 0. The molecule has 2 aromatic carbocycles. The average molecular weight is 383 g/mol. The highest BCUT2D eigenvalue weighted by Crippen LogP contribution is 2.34. The Morgan fingerprint density at radius 3 is 2.59 bits per heavy atom. The first kappa shape index (κ1) is 17.4. The largest absolute Gasteiger partial charge is 0.486 e. The first-order valence-electron chi connectivity index (χ1n) is 8.62. The van der Waals surface area contributed by atoms with Crippen LogP contribution < -0.4 is 20.1 Å². The number of aryl methyl sites for hydroxylation is 2. The zero-order valence-electron chi connectivity index (χ0n) is 15.0. The van der Waals surface area contributed by atoms with Crippen LogP contribution in [0.15, 0.2) is 42.6 Å². The van der Waals surface area contributed by atoms with Crippen molar-refractivity contribution < 1.29 is 9.47 Å². The highest BCUT2D eigenvalue weighted by molar-refractivity contribution is 6.33. The van der Waals surface area contributed by atoms with Gasteiger partial charge in [-0.1, -0.05) is 17.7 Å². The van der Waals surface area contributed by atoms with Crippen molar-refractivity contribution in [2.45, 2.75) is 13.8 Å². The first-order valence-corrected chi connectivity index (χ1v) is 9.00. The van der Waals surface area contributed by atoms with E-state index in [-0.39, 0.29) is 0 Å². The number of nitrogens with zero attached hydrogens (tertiary/aromatic N) is 2. The van der Waals surface area contributed by atoms with Gasteiger partial charge in [-0.05, 0) is 49.2 Å². The second-order valence-corrected chi connectivity index (χ2v) is 6.72. The monoisotopic (exact) mass is 382 g/mol. The summed E-state index contributed by atoms with van der Waals surface area (Å²) in [5.41, 5.74) is 3.80. The van der Waals surface area contributed by atoms with E-state index in [1.165, 1.54) is 0 Å². The molecule has 0 spiro atoms. The first-order chi connectivity index (χ1) is 13.1. The lowest BCUT2D eigenvalue weighted by molar-refractivity contribution is 0.171. The predicted octanol–water partition coefficient (Wildman–Crippen LogP) is 5.01. The van der Waals surface area contributed by atoms with Crippen molar-refractivity contribution in [3.63, 3.8) is 0 Å². The lowest BCUT2D eigenvalue weighted by Gasteiger charge is -2.19. The van der Waals surface area contributed by atoms with Crippen LogP contribution in [0.4, 0.5) is 23.1 Å². The number of ether oxygens (including phenoxy) is 2. The van der Waals surface area contributed by atoms with Crippen molar-refractivity contribution in [1.29, 1.82) is 0 Å². The Labute approximate surface area is 162 Å². The molecule has 0 amide bonds. The molecule has 0 aliphatic carbocycles. The number of hydrogen-bond acceptors (Lipinski definition) is 6. The Bertz CT molecular complexity index is 970. The number of rotatable bonds is 4. The van der Waals surface area contributed by atoms with Gasteiger partial charge in [0.05, 0.1) is 10.7 Å². The molecule has 2 heterocycles. The molecule has 0 saturated heterocycles. The van der Waals surface area contributed by atoms with E-state index < -0.39 is 0 Å². The van der Waals surface area contributed by atoms with Crippen molar-refractivity contribution in [2.24, 2.45) is 0 Å². The van der Waals surface area contributed by atoms with E-state index in [0.717, 1.165) is 34.0 Å². The number of aromatic nitrogens is 2. The zero-order chi connectivity index (χ0) is 18.8. The minimum atomic E-state index is 0.464. The van der Waals surface area contributed by atoms with Crippen LogP contribution in [0.3, 0.4) is 0 Å². The smallest absolute Gasteiger partial charge is 0.229 e. The summed E-state index contributed by atoms with van der Waals surface area (Å²) >= 11 is 6.36. The second kappa shape index (κ2) is 7.32. The Hall–Kier alpha value is -2.99. The molecule has 0 bridgehead atoms. The number of anilines is 4. The molecular formula is C20H19ClN4O2. The third-order valence-electron chi connectivity index (χ3n) is 4.14. The molecule has 6 nitrogen and oxygen atoms in total. The molecule has 27 heavy (non-hydrogen) atoms. The maximum absolute atomic E-state index is 6.36. The third-order valence-corrected chi connectivity index (χ3v) is 4.44. The van der Waals surface area contributed by atoms with Crippen LogP contribution in [0.2, 0.25) is 5.02 Å². The van der Waals surface area contributed by atoms with Crippen molar-refractivity contribution in [1.82, 2.24) is 9.97 Å². The summed E-state index contributed by atoms with van der Waals surface area (Å²) in [6.07, 6.45) is 1.69. The maximum atomic E-state index is 6.36. The lowest BCUT2D eigenvalue weighted by atomic mass is 10.1. The van der Waals surface area contributed by atoms with Crippen molar-refractivity contribution in [3.05, 3.63) is 58.7 Å². The Morgan fingerprint density at radius 2 is 1.78 bits per heavy atom. The van der Waals surface area contributed by atoms with E-state index in [1.54, 1.807) is 12.3 Å². The molecule has 0 radical (unpaired) electrons. The Balaban J connectivity index is 1.55. The van der Waals surface area contributed by atoms with E-state index in [9.17, 15) is 0 Å². The summed E-state index contributed by atoms with van der Waals surface area (Å²) in [5, 5.41) is 7.10. The van der Waals surface area contributed by atoms with E-state index in [2.05, 4.69) is 26.7 Å². The van der Waals surface area contributed by atoms with Crippen LogP contribution in [-0.2, 0) is 0 Å². The van der Waals surface area contributed by atoms with Crippen LogP contribution in [-0.4, -0.2) is 23.2 Å². The SMILES string of the molecule is Cc1cc(C)c(Nc2nccc(Nc3ccc4c(c3)OCCO4)n2)c(Cl)c1. The van der Waals surface area contributed by atoms with Gasteiger partial charge in [0.25, 0.3) is 0 Å². The molecule has 0 fully saturated rings. The molecule has 2 N–H and O–H groups in total. The van der Waals surface area contributed by atoms with Gasteiger partial charge < -0.3 is 20.1 Å². The van der Waals surface area contributed by atoms with Gasteiger partial charge in [-0.15, -0.1) is 0 Å². The van der Waals surface area contributed by atoms with Crippen LogP contribution in [0.5, 0.6) is 11.5 Å². The number of fused-ring (bicyclic) bond motifs is 1. The van der Waals surface area contributed by atoms with Gasteiger partial charge in [0.15, 0.2) is 11.5 Å². The Kier molecular flexibility index (Phi) is 4.73. The van der Waals surface area contributed by atoms with Gasteiger partial charge in [0.2, 0.25) is 5.95 Å². The minimum absolute atomic E-state index is 0.464. The number of hydrogen-bond donors (Lipinski definition) is 2. The molecule has 0 unspecified atom stereocenters. The van der Waals surface area contributed by atoms with Gasteiger partial charge >= 0.3 is 0 Å². The molecule has 1 aliphatic rings. The van der Waals surface area contributed by atoms with Crippen LogP contribution in [0.1, 0.15) is 11.1 Å². The minimum Gasteiger partial charge on any atom is -0.486 e. The maximum Gasteiger partial charge on any atom is 0.229 e. The average Bonchev–Trinajstić information content (AvgIpc) is 2.65. The van der Waals surface area contributed by atoms with E-state index in [1.807, 2.05) is 38.1 Å². The van der Waals surface area contributed by atoms with Crippen molar-refractivity contribution >= 4 is 34.7 Å². The van der Waals surface area contributed by atoms with Crippen LogP contribution >= 0.6 is 11.6 Å². The van der Waals surface area contributed by atoms with E-state index in [0.29, 0.717) is 30.0 Å². The normalized spacial score (nSPS) is 12.6. The number of nitrogens with one attached hydrogen (secondary N) is 2. The van der Waals surface area contributed by atoms with E-state index in [4.69, 9.17) is 21.1 Å². The molecule has 0 atom stereocenters. The molecule has 7 heteroatoms. The fourth-order valence-corrected chi connectivity index (χ4v) is 3.31. The summed E-state index contributed by atoms with van der Waals surface area (Å²) in [5.74, 6) is 2.60. The van der Waals surface area contributed by atoms with Gasteiger partial charge in [0, 0.05) is 18.0 Å². The predicted molar refractivity (Wildman–Crippen MR) is 107 cm³/mol. The van der Waals surface area contributed by atoms with Gasteiger partial charge in [-0.3, -0.25) is 0 Å². The van der Waals surface area contributed by atoms with E-state index >= 15 is 0 Å². The van der Waals surface area contributed by atoms with Crippen molar-refractivity contribution in [2.75, 3.05) is 23.8 Å². The topological polar surface area (TPSA) is 68.3 Å². The quantitative estimate of drug-likeness (QED) is 0.661. The van der Waals surface area contributed by atoms with Gasteiger partial charge in [-0.25, -0.2) is 4.98 Å². The summed E-state index contributed by atoms with van der Waals surface area (Å²) in [4.78, 5) is 8.80.